The van der Waals surface area contributed by atoms with Gasteiger partial charge in [-0.3, -0.25) is 0 Å². The molecule has 0 radical (unpaired) electrons. The fraction of sp³-hybridized carbons (Fsp3) is 0.273. The Kier molecular flexibility index (Phi) is 2.93. The molecule has 1 aliphatic heterocycles. The molecule has 0 saturated carbocycles. The van der Waals surface area contributed by atoms with Crippen LogP contribution < -0.4 is 0 Å². The second-order valence-electron chi connectivity index (χ2n) is 3.00. The minimum atomic E-state index is 0.542. The number of hydrogen-bond donors (Lipinski definition) is 0. The Labute approximate surface area is 82.8 Å². The predicted molar refractivity (Wildman–Crippen MR) is 56.6 cm³/mol. The summed E-state index contributed by atoms with van der Waals surface area (Å²) < 4.78 is 5.14. The predicted octanol–water partition coefficient (Wildman–Crippen LogP) is 2.83. The van der Waals surface area contributed by atoms with Crippen LogP contribution in [0.5, 0.6) is 0 Å². The first kappa shape index (κ1) is 8.70. The number of benzene rings is 1. The Morgan fingerprint density at radius 1 is 1.31 bits per heavy atom. The van der Waals surface area contributed by atoms with E-state index in [1.807, 2.05) is 17.8 Å². The average Bonchev–Trinajstić information content (AvgIpc) is 2.69. The standard InChI is InChI=1S/C11H12OS/c1-2-4-10(5-3-1)9-13-11-6-7-12-8-11/h1-7,11H,8-9H2. The lowest BCUT2D eigenvalue weighted by Gasteiger charge is -2.05. The number of thioether (sulfide) groups is 1. The smallest absolute Gasteiger partial charge is 0.103 e. The molecular formula is C11H12OS. The Bertz CT molecular complexity index is 281. The van der Waals surface area contributed by atoms with Gasteiger partial charge in [-0.2, -0.15) is 0 Å². The molecule has 1 aromatic rings. The summed E-state index contributed by atoms with van der Waals surface area (Å²) in [5, 5.41) is 0.542. The maximum atomic E-state index is 5.14. The molecule has 0 aromatic heterocycles. The second kappa shape index (κ2) is 4.38. The second-order valence-corrected chi connectivity index (χ2v) is 4.22. The van der Waals surface area contributed by atoms with Gasteiger partial charge in [0.05, 0.1) is 11.5 Å². The number of ether oxygens (including phenoxy) is 1. The van der Waals surface area contributed by atoms with E-state index in [4.69, 9.17) is 4.74 Å². The van der Waals surface area contributed by atoms with Crippen LogP contribution in [0.4, 0.5) is 0 Å². The maximum Gasteiger partial charge on any atom is 0.103 e. The fourth-order valence-electron chi connectivity index (χ4n) is 1.23. The van der Waals surface area contributed by atoms with Gasteiger partial charge in [-0.1, -0.05) is 30.3 Å². The van der Waals surface area contributed by atoms with Crippen molar-refractivity contribution in [3.8, 4) is 0 Å². The van der Waals surface area contributed by atoms with Gasteiger partial charge >= 0.3 is 0 Å². The highest BCUT2D eigenvalue weighted by Gasteiger charge is 2.09. The Morgan fingerprint density at radius 2 is 2.15 bits per heavy atom. The summed E-state index contributed by atoms with van der Waals surface area (Å²) in [5.41, 5.74) is 1.38. The summed E-state index contributed by atoms with van der Waals surface area (Å²) in [7, 11) is 0. The van der Waals surface area contributed by atoms with E-state index in [9.17, 15) is 0 Å². The van der Waals surface area contributed by atoms with Crippen molar-refractivity contribution in [1.29, 1.82) is 0 Å². The lowest BCUT2D eigenvalue weighted by atomic mass is 10.2. The molecule has 1 unspecified atom stereocenters. The summed E-state index contributed by atoms with van der Waals surface area (Å²) in [6.45, 7) is 0.831. The highest BCUT2D eigenvalue weighted by molar-refractivity contribution is 7.99. The van der Waals surface area contributed by atoms with Crippen molar-refractivity contribution in [3.05, 3.63) is 48.2 Å². The van der Waals surface area contributed by atoms with Crippen LogP contribution in [0.15, 0.2) is 42.7 Å². The van der Waals surface area contributed by atoms with E-state index in [2.05, 4.69) is 30.3 Å². The van der Waals surface area contributed by atoms with Gasteiger partial charge in [0, 0.05) is 5.75 Å². The van der Waals surface area contributed by atoms with Crippen molar-refractivity contribution in [2.24, 2.45) is 0 Å². The Hall–Kier alpha value is -0.890. The lowest BCUT2D eigenvalue weighted by Crippen LogP contribution is -2.00. The van der Waals surface area contributed by atoms with Gasteiger partial charge in [0.2, 0.25) is 0 Å². The zero-order valence-electron chi connectivity index (χ0n) is 7.35. The van der Waals surface area contributed by atoms with Gasteiger partial charge in [0.15, 0.2) is 0 Å². The van der Waals surface area contributed by atoms with Crippen molar-refractivity contribution < 1.29 is 4.74 Å². The highest BCUT2D eigenvalue weighted by Crippen LogP contribution is 2.21. The molecule has 1 aliphatic rings. The van der Waals surface area contributed by atoms with Crippen LogP contribution in [-0.2, 0) is 10.5 Å². The molecular weight excluding hydrogens is 180 g/mol. The molecule has 1 heterocycles. The molecule has 2 rings (SSSR count). The summed E-state index contributed by atoms with van der Waals surface area (Å²) in [6, 6.07) is 10.5. The topological polar surface area (TPSA) is 9.23 Å². The van der Waals surface area contributed by atoms with Crippen LogP contribution in [0.1, 0.15) is 5.56 Å². The summed E-state index contributed by atoms with van der Waals surface area (Å²) in [4.78, 5) is 0. The van der Waals surface area contributed by atoms with Crippen molar-refractivity contribution in [3.63, 3.8) is 0 Å². The molecule has 68 valence electrons. The zero-order valence-corrected chi connectivity index (χ0v) is 8.17. The molecule has 0 spiro atoms. The maximum absolute atomic E-state index is 5.14. The molecule has 1 aromatic carbocycles. The van der Waals surface area contributed by atoms with E-state index < -0.39 is 0 Å². The average molecular weight is 192 g/mol. The van der Waals surface area contributed by atoms with Gasteiger partial charge in [0.25, 0.3) is 0 Å². The van der Waals surface area contributed by atoms with Crippen LogP contribution in [-0.4, -0.2) is 11.9 Å². The van der Waals surface area contributed by atoms with E-state index in [0.29, 0.717) is 5.25 Å². The highest BCUT2D eigenvalue weighted by atomic mass is 32.2. The molecule has 0 bridgehead atoms. The Balaban J connectivity index is 1.82. The minimum absolute atomic E-state index is 0.542. The molecule has 13 heavy (non-hydrogen) atoms. The molecule has 0 N–H and O–H groups in total. The molecule has 0 saturated heterocycles. The van der Waals surface area contributed by atoms with Crippen molar-refractivity contribution >= 4 is 11.8 Å². The first-order chi connectivity index (χ1) is 6.45. The van der Waals surface area contributed by atoms with Gasteiger partial charge in [0.1, 0.15) is 6.61 Å². The van der Waals surface area contributed by atoms with E-state index in [1.165, 1.54) is 5.56 Å². The monoisotopic (exact) mass is 192 g/mol. The molecule has 1 nitrogen and oxygen atoms in total. The van der Waals surface area contributed by atoms with Gasteiger partial charge < -0.3 is 4.74 Å². The van der Waals surface area contributed by atoms with E-state index in [1.54, 1.807) is 6.26 Å². The van der Waals surface area contributed by atoms with E-state index in [-0.39, 0.29) is 0 Å². The summed E-state index contributed by atoms with van der Waals surface area (Å²) in [6.07, 6.45) is 3.91. The van der Waals surface area contributed by atoms with Crippen LogP contribution in [0.3, 0.4) is 0 Å². The normalized spacial score (nSPS) is 20.2. The number of rotatable bonds is 3. The molecule has 0 amide bonds. The van der Waals surface area contributed by atoms with Crippen LogP contribution in [0, 0.1) is 0 Å². The van der Waals surface area contributed by atoms with Gasteiger partial charge in [-0.05, 0) is 11.6 Å². The van der Waals surface area contributed by atoms with Crippen molar-refractivity contribution in [2.45, 2.75) is 11.0 Å². The minimum Gasteiger partial charge on any atom is -0.500 e. The van der Waals surface area contributed by atoms with E-state index in [0.717, 1.165) is 12.4 Å². The lowest BCUT2D eigenvalue weighted by molar-refractivity contribution is 0.284. The third kappa shape index (κ3) is 2.52. The van der Waals surface area contributed by atoms with Crippen molar-refractivity contribution in [1.82, 2.24) is 0 Å². The quantitative estimate of drug-likeness (QED) is 0.728. The zero-order chi connectivity index (χ0) is 8.93. The first-order valence-electron chi connectivity index (χ1n) is 4.39. The molecule has 2 heteroatoms. The molecule has 1 atom stereocenters. The van der Waals surface area contributed by atoms with Crippen LogP contribution in [0.25, 0.3) is 0 Å². The van der Waals surface area contributed by atoms with Gasteiger partial charge in [-0.25, -0.2) is 0 Å². The summed E-state index contributed by atoms with van der Waals surface area (Å²) in [5.74, 6) is 1.07. The van der Waals surface area contributed by atoms with E-state index >= 15 is 0 Å². The molecule has 0 aliphatic carbocycles. The SMILES string of the molecule is C1=CC(SCc2ccccc2)CO1. The Morgan fingerprint density at radius 3 is 2.85 bits per heavy atom. The van der Waals surface area contributed by atoms with Crippen molar-refractivity contribution in [2.75, 3.05) is 6.61 Å². The number of hydrogen-bond acceptors (Lipinski definition) is 2. The molecule has 0 fully saturated rings. The third-order valence-electron chi connectivity index (χ3n) is 1.96. The first-order valence-corrected chi connectivity index (χ1v) is 5.44. The summed E-state index contributed by atoms with van der Waals surface area (Å²) >= 11 is 1.93. The van der Waals surface area contributed by atoms with Gasteiger partial charge in [-0.15, -0.1) is 11.8 Å². The largest absolute Gasteiger partial charge is 0.500 e. The fourth-order valence-corrected chi connectivity index (χ4v) is 2.18. The third-order valence-corrected chi connectivity index (χ3v) is 3.18. The van der Waals surface area contributed by atoms with Crippen LogP contribution >= 0.6 is 11.8 Å². The van der Waals surface area contributed by atoms with Crippen LogP contribution in [0.2, 0.25) is 0 Å².